The van der Waals surface area contributed by atoms with Crippen LogP contribution in [0, 0.1) is 3.57 Å². The van der Waals surface area contributed by atoms with Gasteiger partial charge in [0, 0.05) is 15.1 Å². The van der Waals surface area contributed by atoms with Crippen molar-refractivity contribution < 1.29 is 24.2 Å². The highest BCUT2D eigenvalue weighted by atomic mass is 127. The van der Waals surface area contributed by atoms with E-state index in [1.54, 1.807) is 30.3 Å². The maximum absolute atomic E-state index is 11.7. The Labute approximate surface area is 196 Å². The summed E-state index contributed by atoms with van der Waals surface area (Å²) in [7, 11) is 1.50. The highest BCUT2D eigenvalue weighted by molar-refractivity contribution is 14.1. The van der Waals surface area contributed by atoms with E-state index in [0.29, 0.717) is 29.9 Å². The Bertz CT molecular complexity index is 1120. The molecule has 11 heteroatoms. The van der Waals surface area contributed by atoms with E-state index in [4.69, 9.17) is 20.8 Å². The molecular formula is C18H11BrClIN2O5S. The molecule has 150 valence electrons. The van der Waals surface area contributed by atoms with Crippen LogP contribution in [0.5, 0.6) is 11.5 Å². The van der Waals surface area contributed by atoms with Crippen LogP contribution in [-0.2, 0) is 4.79 Å². The number of benzene rings is 2. The van der Waals surface area contributed by atoms with Crippen molar-refractivity contribution in [2.75, 3.05) is 7.11 Å². The lowest BCUT2D eigenvalue weighted by molar-refractivity contribution is -0.131. The van der Waals surface area contributed by atoms with Gasteiger partial charge in [-0.3, -0.25) is 0 Å². The fourth-order valence-electron chi connectivity index (χ4n) is 2.27. The van der Waals surface area contributed by atoms with Gasteiger partial charge in [0.05, 0.1) is 16.2 Å². The quantitative estimate of drug-likeness (QED) is 0.209. The van der Waals surface area contributed by atoms with Gasteiger partial charge in [0.2, 0.25) is 0 Å². The minimum Gasteiger partial charge on any atom is -0.506 e. The Kier molecular flexibility index (Phi) is 7.09. The molecule has 3 rings (SSSR count). The minimum atomic E-state index is -1.20. The molecule has 2 aromatic carbocycles. The summed E-state index contributed by atoms with van der Waals surface area (Å²) in [5.74, 6) is -0.610. The molecule has 0 fully saturated rings. The highest BCUT2D eigenvalue weighted by Gasteiger charge is 2.19. The molecule has 2 N–H and O–H groups in total. The van der Waals surface area contributed by atoms with Gasteiger partial charge in [-0.05, 0) is 70.8 Å². The lowest BCUT2D eigenvalue weighted by Crippen LogP contribution is -1.97. The first-order valence-corrected chi connectivity index (χ1v) is 10.8. The van der Waals surface area contributed by atoms with Crippen molar-refractivity contribution in [2.24, 2.45) is 0 Å². The Morgan fingerprint density at radius 2 is 2.10 bits per heavy atom. The second-order valence-corrected chi connectivity index (χ2v) is 8.97. The molecule has 0 amide bonds. The van der Waals surface area contributed by atoms with Crippen LogP contribution >= 0.6 is 61.9 Å². The van der Waals surface area contributed by atoms with Crippen LogP contribution in [0.25, 0.3) is 17.5 Å². The predicted molar refractivity (Wildman–Crippen MR) is 121 cm³/mol. The van der Waals surface area contributed by atoms with Gasteiger partial charge in [-0.15, -0.1) is 10.2 Å². The first-order chi connectivity index (χ1) is 13.8. The Hall–Kier alpha value is -1.76. The van der Waals surface area contributed by atoms with Crippen molar-refractivity contribution in [3.05, 3.63) is 53.9 Å². The molecule has 0 saturated heterocycles. The second kappa shape index (κ2) is 9.37. The zero-order valence-electron chi connectivity index (χ0n) is 14.5. The summed E-state index contributed by atoms with van der Waals surface area (Å²) in [6, 6.07) is 8.25. The Morgan fingerprint density at radius 3 is 2.79 bits per heavy atom. The number of rotatable bonds is 6. The van der Waals surface area contributed by atoms with Crippen LogP contribution in [0.4, 0.5) is 0 Å². The number of methoxy groups -OCH3 is 1. The van der Waals surface area contributed by atoms with E-state index < -0.39 is 5.97 Å². The topological polar surface area (TPSA) is 106 Å². The average Bonchev–Trinajstić information content (AvgIpc) is 3.13. The summed E-state index contributed by atoms with van der Waals surface area (Å²) < 4.78 is 12.1. The van der Waals surface area contributed by atoms with Crippen molar-refractivity contribution in [3.63, 3.8) is 0 Å². The fourth-order valence-corrected chi connectivity index (χ4v) is 4.66. The Morgan fingerprint density at radius 1 is 1.34 bits per heavy atom. The van der Waals surface area contributed by atoms with Crippen LogP contribution < -0.4 is 4.74 Å². The van der Waals surface area contributed by atoms with Gasteiger partial charge in [0.1, 0.15) is 16.4 Å². The maximum atomic E-state index is 11.7. The first-order valence-electron chi connectivity index (χ1n) is 7.76. The summed E-state index contributed by atoms with van der Waals surface area (Å²) in [5.41, 5.74) is 0.823. The van der Waals surface area contributed by atoms with E-state index in [1.165, 1.54) is 13.2 Å². The normalized spacial score (nSPS) is 11.5. The number of phenols is 1. The number of hydrogen-bond acceptors (Lipinski definition) is 7. The van der Waals surface area contributed by atoms with Gasteiger partial charge >= 0.3 is 5.97 Å². The maximum Gasteiger partial charge on any atom is 0.342 e. The van der Waals surface area contributed by atoms with E-state index in [-0.39, 0.29) is 21.8 Å². The van der Waals surface area contributed by atoms with Gasteiger partial charge in [0.25, 0.3) is 11.1 Å². The number of halogens is 3. The van der Waals surface area contributed by atoms with E-state index >= 15 is 0 Å². The smallest absolute Gasteiger partial charge is 0.342 e. The third kappa shape index (κ3) is 5.24. The van der Waals surface area contributed by atoms with Crippen molar-refractivity contribution in [1.29, 1.82) is 0 Å². The molecular weight excluding hydrogens is 599 g/mol. The van der Waals surface area contributed by atoms with E-state index in [0.717, 1.165) is 11.8 Å². The number of carbonyl (C=O) groups is 1. The van der Waals surface area contributed by atoms with E-state index in [9.17, 15) is 15.0 Å². The molecule has 0 aliphatic carbocycles. The van der Waals surface area contributed by atoms with E-state index in [1.807, 2.05) is 22.6 Å². The molecule has 0 spiro atoms. The fraction of sp³-hybridized carbons (Fsp3) is 0.0556. The Balaban J connectivity index is 1.95. The summed E-state index contributed by atoms with van der Waals surface area (Å²) in [4.78, 5) is 11.6. The predicted octanol–water partition coefficient (Wildman–Crippen LogP) is 5.69. The van der Waals surface area contributed by atoms with Crippen molar-refractivity contribution in [2.45, 2.75) is 5.22 Å². The number of thioether (sulfide) groups is 1. The summed E-state index contributed by atoms with van der Waals surface area (Å²) in [6.07, 6.45) is 1.33. The van der Waals surface area contributed by atoms with Crippen LogP contribution in [0.15, 0.2) is 49.3 Å². The third-order valence-electron chi connectivity index (χ3n) is 3.55. The largest absolute Gasteiger partial charge is 0.506 e. The SMILES string of the molecule is COc1ccc(Cl)cc1-c1nnc(S/C(=C\c2cc(Br)cc(I)c2O)C(=O)O)o1. The standard InChI is InChI=1S/C18H11BrClIN2O5S/c1-27-13-3-2-10(20)7-11(13)16-22-23-18(28-16)29-14(17(25)26)5-8-4-9(19)6-12(21)15(8)24/h2-7,24H,1H3,(H,25,26)/b14-5-. The highest BCUT2D eigenvalue weighted by Crippen LogP contribution is 2.36. The lowest BCUT2D eigenvalue weighted by Gasteiger charge is -2.05. The number of hydrogen-bond donors (Lipinski definition) is 2. The molecule has 0 aliphatic heterocycles. The number of carboxylic acids is 1. The van der Waals surface area contributed by atoms with Crippen molar-refractivity contribution >= 4 is 73.9 Å². The molecule has 0 saturated carbocycles. The molecule has 0 bridgehead atoms. The molecule has 0 radical (unpaired) electrons. The first kappa shape index (κ1) is 21.9. The number of nitrogens with zero attached hydrogens (tertiary/aromatic N) is 2. The number of ether oxygens (including phenoxy) is 1. The van der Waals surface area contributed by atoms with Crippen LogP contribution in [0.1, 0.15) is 5.56 Å². The van der Waals surface area contributed by atoms with Gasteiger partial charge < -0.3 is 19.4 Å². The summed E-state index contributed by atoms with van der Waals surface area (Å²) in [6.45, 7) is 0. The molecule has 0 atom stereocenters. The van der Waals surface area contributed by atoms with Crippen molar-refractivity contribution in [3.8, 4) is 23.0 Å². The van der Waals surface area contributed by atoms with Gasteiger partial charge in [-0.25, -0.2) is 4.79 Å². The number of phenolic OH excluding ortho intramolecular Hbond substituents is 1. The van der Waals surface area contributed by atoms with Gasteiger partial charge in [-0.2, -0.15) is 0 Å². The van der Waals surface area contributed by atoms with Crippen LogP contribution in [-0.4, -0.2) is 33.5 Å². The zero-order valence-corrected chi connectivity index (χ0v) is 19.8. The molecule has 0 aliphatic rings. The number of aromatic nitrogens is 2. The van der Waals surface area contributed by atoms with Gasteiger partial charge in [-0.1, -0.05) is 27.5 Å². The minimum absolute atomic E-state index is 0.0138. The van der Waals surface area contributed by atoms with E-state index in [2.05, 4.69) is 26.1 Å². The molecule has 3 aromatic rings. The average molecular weight is 610 g/mol. The molecule has 1 heterocycles. The molecule has 7 nitrogen and oxygen atoms in total. The molecule has 29 heavy (non-hydrogen) atoms. The lowest BCUT2D eigenvalue weighted by atomic mass is 10.2. The number of aromatic hydroxyl groups is 1. The van der Waals surface area contributed by atoms with Crippen LogP contribution in [0.3, 0.4) is 0 Å². The monoisotopic (exact) mass is 608 g/mol. The number of carboxylic acid groups (broad SMARTS) is 1. The third-order valence-corrected chi connectivity index (χ3v) is 5.92. The van der Waals surface area contributed by atoms with Crippen LogP contribution in [0.2, 0.25) is 5.02 Å². The van der Waals surface area contributed by atoms with Gasteiger partial charge in [0.15, 0.2) is 0 Å². The second-order valence-electron chi connectivity index (χ2n) is 5.46. The summed E-state index contributed by atoms with van der Waals surface area (Å²) in [5, 5.41) is 28.1. The number of aliphatic carboxylic acids is 1. The zero-order chi connectivity index (χ0) is 21.1. The molecule has 0 unspecified atom stereocenters. The summed E-state index contributed by atoms with van der Waals surface area (Å²) >= 11 is 12.1. The van der Waals surface area contributed by atoms with Crippen molar-refractivity contribution in [1.82, 2.24) is 10.2 Å². The molecule has 1 aromatic heterocycles.